The summed E-state index contributed by atoms with van der Waals surface area (Å²) in [6.07, 6.45) is 8.60. The van der Waals surface area contributed by atoms with Crippen LogP contribution in [-0.4, -0.2) is 66.2 Å². The monoisotopic (exact) mass is 370 g/mol. The first-order valence-electron chi connectivity index (χ1n) is 8.01. The van der Waals surface area contributed by atoms with E-state index in [1.807, 2.05) is 23.1 Å². The minimum atomic E-state index is -2.39. The summed E-state index contributed by atoms with van der Waals surface area (Å²) in [5.74, 6) is 0. The molecule has 10 heteroatoms. The molecule has 1 N–H and O–H groups in total. The highest BCUT2D eigenvalue weighted by atomic mass is 32.2. The molecule has 0 aliphatic carbocycles. The van der Waals surface area contributed by atoms with E-state index < -0.39 is 15.5 Å². The van der Waals surface area contributed by atoms with Crippen molar-refractivity contribution in [2.75, 3.05) is 32.9 Å². The number of hydrogen-bond donors (Lipinski definition) is 1. The molecule has 3 aromatic rings. The lowest BCUT2D eigenvalue weighted by Gasteiger charge is -2.46. The van der Waals surface area contributed by atoms with Gasteiger partial charge in [-0.05, 0) is 6.07 Å². The highest BCUT2D eigenvalue weighted by Crippen LogP contribution is 2.33. The summed E-state index contributed by atoms with van der Waals surface area (Å²) in [6.45, 7) is 8.54. The Morgan fingerprint density at radius 3 is 3.00 bits per heavy atom. The van der Waals surface area contributed by atoms with Gasteiger partial charge in [0, 0.05) is 49.7 Å². The first kappa shape index (κ1) is 16.7. The molecule has 4 rings (SSSR count). The van der Waals surface area contributed by atoms with Crippen molar-refractivity contribution in [3.05, 3.63) is 42.4 Å². The van der Waals surface area contributed by atoms with Gasteiger partial charge >= 0.3 is 0 Å². The molecule has 0 bridgehead atoms. The van der Waals surface area contributed by atoms with E-state index >= 15 is 0 Å². The fourth-order valence-electron chi connectivity index (χ4n) is 3.24. The van der Waals surface area contributed by atoms with Crippen molar-refractivity contribution in [1.29, 1.82) is 0 Å². The molecule has 134 valence electrons. The zero-order valence-electron chi connectivity index (χ0n) is 14.5. The summed E-state index contributed by atoms with van der Waals surface area (Å²) in [5, 5.41) is 5.41. The number of aromatic amines is 1. The Kier molecular flexibility index (Phi) is 3.78. The van der Waals surface area contributed by atoms with E-state index in [1.165, 1.54) is 6.33 Å². The maximum Gasteiger partial charge on any atom is 0.242 e. The minimum absolute atomic E-state index is 0.271. The average molecular weight is 370 g/mol. The Labute approximate surface area is 151 Å². The van der Waals surface area contributed by atoms with Crippen LogP contribution in [0.25, 0.3) is 27.1 Å². The van der Waals surface area contributed by atoms with Crippen LogP contribution in [0.4, 0.5) is 0 Å². The van der Waals surface area contributed by atoms with Gasteiger partial charge in [0.15, 0.2) is 5.54 Å². The van der Waals surface area contributed by atoms with Gasteiger partial charge in [-0.1, -0.05) is 0 Å². The lowest BCUT2D eigenvalue weighted by Crippen LogP contribution is -2.65. The largest absolute Gasteiger partial charge is 0.346 e. The third-order valence-corrected chi connectivity index (χ3v) is 6.72. The molecular formula is C16H18N8OS. The number of nitrogens with zero attached hydrogens (tertiary/aromatic N) is 7. The van der Waals surface area contributed by atoms with E-state index in [-0.39, 0.29) is 6.54 Å². The molecular weight excluding hydrogens is 352 g/mol. The van der Waals surface area contributed by atoms with E-state index in [2.05, 4.69) is 29.3 Å². The van der Waals surface area contributed by atoms with E-state index in [0.29, 0.717) is 13.1 Å². The Bertz CT molecular complexity index is 1120. The van der Waals surface area contributed by atoms with E-state index in [1.54, 1.807) is 23.8 Å². The molecule has 1 fully saturated rings. The highest BCUT2D eigenvalue weighted by molar-refractivity contribution is 7.90. The molecule has 1 aliphatic heterocycles. The summed E-state index contributed by atoms with van der Waals surface area (Å²) in [4.78, 5) is 15.2. The molecule has 26 heavy (non-hydrogen) atoms. The van der Waals surface area contributed by atoms with Crippen molar-refractivity contribution in [3.63, 3.8) is 0 Å². The second-order valence-corrected chi connectivity index (χ2v) is 8.83. The Morgan fingerprint density at radius 1 is 1.46 bits per heavy atom. The van der Waals surface area contributed by atoms with Gasteiger partial charge in [0.2, 0.25) is 6.54 Å². The number of nitrogens with one attached hydrogen (secondary N) is 1. The molecule has 0 spiro atoms. The van der Waals surface area contributed by atoms with Crippen LogP contribution in [0.15, 0.2) is 35.3 Å². The van der Waals surface area contributed by atoms with E-state index in [9.17, 15) is 4.21 Å². The normalized spacial score (nSPS) is 18.8. The number of fused-ring (bicyclic) bond motifs is 1. The highest BCUT2D eigenvalue weighted by Gasteiger charge is 2.51. The number of aromatic nitrogens is 5. The van der Waals surface area contributed by atoms with E-state index in [4.69, 9.17) is 6.57 Å². The molecule has 1 unspecified atom stereocenters. The van der Waals surface area contributed by atoms with Crippen molar-refractivity contribution < 1.29 is 4.21 Å². The minimum Gasteiger partial charge on any atom is -0.346 e. The molecule has 1 aliphatic rings. The average Bonchev–Trinajstić information content (AvgIpc) is 3.26. The van der Waals surface area contributed by atoms with Gasteiger partial charge in [0.25, 0.3) is 0 Å². The van der Waals surface area contributed by atoms with Crippen molar-refractivity contribution in [2.24, 2.45) is 4.36 Å². The van der Waals surface area contributed by atoms with Crippen LogP contribution in [0, 0.1) is 6.57 Å². The van der Waals surface area contributed by atoms with Crippen LogP contribution >= 0.6 is 0 Å². The number of rotatable bonds is 4. The Balaban J connectivity index is 1.70. The predicted molar refractivity (Wildman–Crippen MR) is 98.5 cm³/mol. The lowest BCUT2D eigenvalue weighted by atomic mass is 9.92. The smallest absolute Gasteiger partial charge is 0.242 e. The lowest BCUT2D eigenvalue weighted by molar-refractivity contribution is 0.0872. The van der Waals surface area contributed by atoms with E-state index in [0.717, 1.165) is 22.3 Å². The van der Waals surface area contributed by atoms with Crippen LogP contribution in [0.5, 0.6) is 0 Å². The fourth-order valence-corrected chi connectivity index (χ4v) is 4.43. The third-order valence-electron chi connectivity index (χ3n) is 4.83. The van der Waals surface area contributed by atoms with Crippen molar-refractivity contribution in [1.82, 2.24) is 29.0 Å². The maximum atomic E-state index is 12.4. The molecule has 1 saturated heterocycles. The Morgan fingerprint density at radius 2 is 2.27 bits per heavy atom. The van der Waals surface area contributed by atoms with Crippen molar-refractivity contribution in [2.45, 2.75) is 5.54 Å². The van der Waals surface area contributed by atoms with Crippen molar-refractivity contribution in [3.8, 4) is 11.3 Å². The molecule has 0 radical (unpaired) electrons. The van der Waals surface area contributed by atoms with Crippen molar-refractivity contribution >= 4 is 20.9 Å². The second-order valence-electron chi connectivity index (χ2n) is 6.42. The fraction of sp³-hybridized carbons (Fsp3) is 0.375. The summed E-state index contributed by atoms with van der Waals surface area (Å²) < 4.78 is 20.0. The second kappa shape index (κ2) is 5.89. The molecule has 9 nitrogen and oxygen atoms in total. The topological polar surface area (TPSA) is 96.4 Å². The van der Waals surface area contributed by atoms with Gasteiger partial charge in [-0.25, -0.2) is 29.4 Å². The molecule has 1 atom stereocenters. The predicted octanol–water partition coefficient (Wildman–Crippen LogP) is 1.39. The van der Waals surface area contributed by atoms with Gasteiger partial charge < -0.3 is 9.83 Å². The third kappa shape index (κ3) is 2.48. The van der Waals surface area contributed by atoms with Crippen LogP contribution in [0.1, 0.15) is 0 Å². The molecule has 0 amide bonds. The molecule has 3 aromatic heterocycles. The summed E-state index contributed by atoms with van der Waals surface area (Å²) >= 11 is 0. The molecule has 0 aromatic carbocycles. The zero-order chi connectivity index (χ0) is 18.4. The maximum absolute atomic E-state index is 12.4. The van der Waals surface area contributed by atoms with Crippen LogP contribution < -0.4 is 0 Å². The van der Waals surface area contributed by atoms with Crippen LogP contribution in [0.3, 0.4) is 0 Å². The number of H-pyrrole nitrogens is 1. The summed E-state index contributed by atoms with van der Waals surface area (Å²) in [7, 11) is -0.830. The summed E-state index contributed by atoms with van der Waals surface area (Å²) in [6, 6.07) is 1.93. The van der Waals surface area contributed by atoms with Gasteiger partial charge in [0.05, 0.1) is 11.9 Å². The first-order valence-corrected chi connectivity index (χ1v) is 9.89. The Hall–Kier alpha value is -2.77. The SMILES string of the molecule is [C-]#[N+]CC1(n2cc(-c3ncnc4[nH]ccc34)cn2)CN(S(C)(=O)=NC)C1. The molecule has 0 saturated carbocycles. The first-order chi connectivity index (χ1) is 12.5. The van der Waals surface area contributed by atoms with Crippen LogP contribution in [-0.2, 0) is 15.5 Å². The standard InChI is InChI=1S/C16H18N8OS/c1-17-8-16(9-23(10-16)26(3,25)18-2)24-7-12(6-22-24)14-13-4-5-19-15(13)21-11-20-14/h4-7,11H,8-10H2,2-3H3,(H,19,20,21). The number of hydrogen-bond acceptors (Lipinski definition) is 5. The summed E-state index contributed by atoms with van der Waals surface area (Å²) in [5.41, 5.74) is 1.92. The molecule has 4 heterocycles. The van der Waals surface area contributed by atoms with Gasteiger partial charge in [-0.15, -0.1) is 0 Å². The van der Waals surface area contributed by atoms with Gasteiger partial charge in [0.1, 0.15) is 21.9 Å². The van der Waals surface area contributed by atoms with Gasteiger partial charge in [-0.2, -0.15) is 5.10 Å². The van der Waals surface area contributed by atoms with Crippen LogP contribution in [0.2, 0.25) is 0 Å². The zero-order valence-corrected chi connectivity index (χ0v) is 15.3. The quantitative estimate of drug-likeness (QED) is 0.702. The van der Waals surface area contributed by atoms with Gasteiger partial charge in [-0.3, -0.25) is 4.68 Å².